The Morgan fingerprint density at radius 1 is 1.36 bits per heavy atom. The van der Waals surface area contributed by atoms with Gasteiger partial charge in [0.25, 0.3) is 9.84 Å². The summed E-state index contributed by atoms with van der Waals surface area (Å²) in [5, 5.41) is 12.6. The Morgan fingerprint density at radius 3 is 2.50 bits per heavy atom. The number of aromatic nitrogens is 2. The lowest BCUT2D eigenvalue weighted by molar-refractivity contribution is -0.0436. The highest BCUT2D eigenvalue weighted by Crippen LogP contribution is 2.33. The number of nitriles is 1. The summed E-state index contributed by atoms with van der Waals surface area (Å²) in [5.41, 5.74) is -5.56. The van der Waals surface area contributed by atoms with Gasteiger partial charge in [0, 0.05) is 6.20 Å². The summed E-state index contributed by atoms with van der Waals surface area (Å²) in [7, 11) is -5.51. The number of sulfone groups is 1. The SMILES string of the molecule is N#Cc1nn(-c2cc(S(=O)(=O)C(F)(F)F)ccc2Cl)cc1Br. The fraction of sp³-hybridized carbons (Fsp3) is 0.0909. The molecule has 0 aliphatic carbocycles. The van der Waals surface area contributed by atoms with Crippen molar-refractivity contribution in [1.82, 2.24) is 9.78 Å². The van der Waals surface area contributed by atoms with Crippen molar-refractivity contribution in [3.8, 4) is 11.8 Å². The zero-order valence-electron chi connectivity index (χ0n) is 10.3. The van der Waals surface area contributed by atoms with Gasteiger partial charge in [0.15, 0.2) is 5.69 Å². The van der Waals surface area contributed by atoms with Crippen LogP contribution in [-0.2, 0) is 9.84 Å². The molecule has 0 unspecified atom stereocenters. The lowest BCUT2D eigenvalue weighted by Crippen LogP contribution is -2.23. The number of hydrogen-bond donors (Lipinski definition) is 0. The van der Waals surface area contributed by atoms with E-state index < -0.39 is 20.2 Å². The van der Waals surface area contributed by atoms with E-state index in [1.807, 2.05) is 0 Å². The number of alkyl halides is 3. The normalized spacial score (nSPS) is 12.2. The second kappa shape index (κ2) is 5.57. The smallest absolute Gasteiger partial charge is 0.237 e. The van der Waals surface area contributed by atoms with Gasteiger partial charge in [-0.3, -0.25) is 0 Å². The molecule has 0 aliphatic heterocycles. The van der Waals surface area contributed by atoms with Gasteiger partial charge in [0.2, 0.25) is 0 Å². The van der Waals surface area contributed by atoms with Gasteiger partial charge in [-0.1, -0.05) is 11.6 Å². The first-order chi connectivity index (χ1) is 10.1. The third-order valence-electron chi connectivity index (χ3n) is 2.55. The molecule has 1 aromatic carbocycles. The Morgan fingerprint density at radius 2 is 2.00 bits per heavy atom. The van der Waals surface area contributed by atoms with Crippen molar-refractivity contribution in [2.24, 2.45) is 0 Å². The summed E-state index contributed by atoms with van der Waals surface area (Å²) in [5.74, 6) is 0. The largest absolute Gasteiger partial charge is 0.501 e. The van der Waals surface area contributed by atoms with Gasteiger partial charge >= 0.3 is 5.51 Å². The summed E-state index contributed by atoms with van der Waals surface area (Å²) in [6.07, 6.45) is 1.28. The zero-order chi connectivity index (χ0) is 16.7. The molecule has 0 saturated heterocycles. The Labute approximate surface area is 136 Å². The summed E-state index contributed by atoms with van der Waals surface area (Å²) in [4.78, 5) is -0.968. The summed E-state index contributed by atoms with van der Waals surface area (Å²) in [6.45, 7) is 0. The maximum atomic E-state index is 12.6. The molecule has 1 heterocycles. The van der Waals surface area contributed by atoms with Crippen LogP contribution in [0.1, 0.15) is 5.69 Å². The second-order valence-corrected chi connectivity index (χ2v) is 7.15. The van der Waals surface area contributed by atoms with Gasteiger partial charge < -0.3 is 0 Å². The van der Waals surface area contributed by atoms with Crippen LogP contribution in [0.2, 0.25) is 5.02 Å². The summed E-state index contributed by atoms with van der Waals surface area (Å²) in [6, 6.07) is 4.26. The Bertz CT molecular complexity index is 887. The molecule has 22 heavy (non-hydrogen) atoms. The zero-order valence-corrected chi connectivity index (χ0v) is 13.4. The van der Waals surface area contributed by atoms with E-state index in [1.165, 1.54) is 6.20 Å². The molecule has 0 bridgehead atoms. The second-order valence-electron chi connectivity index (χ2n) is 3.94. The van der Waals surface area contributed by atoms with Gasteiger partial charge in [-0.05, 0) is 34.1 Å². The van der Waals surface area contributed by atoms with E-state index in [0.29, 0.717) is 0 Å². The molecule has 0 spiro atoms. The monoisotopic (exact) mass is 413 g/mol. The van der Waals surface area contributed by atoms with E-state index in [2.05, 4.69) is 21.0 Å². The number of halogens is 5. The highest BCUT2D eigenvalue weighted by atomic mass is 79.9. The minimum absolute atomic E-state index is 0.0272. The highest BCUT2D eigenvalue weighted by molar-refractivity contribution is 9.10. The molecular formula is C11H4BrClF3N3O2S. The van der Waals surface area contributed by atoms with Crippen LogP contribution in [0, 0.1) is 11.3 Å². The average Bonchev–Trinajstić information content (AvgIpc) is 2.78. The first kappa shape index (κ1) is 16.8. The quantitative estimate of drug-likeness (QED) is 0.754. The van der Waals surface area contributed by atoms with E-state index in [9.17, 15) is 21.6 Å². The fourth-order valence-corrected chi connectivity index (χ4v) is 2.87. The lowest BCUT2D eigenvalue weighted by Gasteiger charge is -2.10. The standard InChI is InChI=1S/C11H4BrClF3N3O2S/c12-7-5-19(18-9(7)4-17)10-3-6(1-2-8(10)13)22(20,21)11(14,15)16/h1-3,5H. The number of benzene rings is 1. The van der Waals surface area contributed by atoms with Gasteiger partial charge in [0.1, 0.15) is 6.07 Å². The van der Waals surface area contributed by atoms with E-state index >= 15 is 0 Å². The highest BCUT2D eigenvalue weighted by Gasteiger charge is 2.47. The molecule has 1 aromatic heterocycles. The molecule has 11 heteroatoms. The van der Waals surface area contributed by atoms with Crippen LogP contribution >= 0.6 is 27.5 Å². The van der Waals surface area contributed by atoms with Crippen molar-refractivity contribution in [1.29, 1.82) is 5.26 Å². The summed E-state index contributed by atoms with van der Waals surface area (Å²) < 4.78 is 61.9. The van der Waals surface area contributed by atoms with Crippen molar-refractivity contribution in [2.75, 3.05) is 0 Å². The third-order valence-corrected chi connectivity index (χ3v) is 4.94. The van der Waals surface area contributed by atoms with Crippen LogP contribution in [0.3, 0.4) is 0 Å². The molecule has 2 rings (SSSR count). The van der Waals surface area contributed by atoms with Crippen molar-refractivity contribution in [2.45, 2.75) is 10.4 Å². The predicted molar refractivity (Wildman–Crippen MR) is 74.2 cm³/mol. The molecule has 5 nitrogen and oxygen atoms in total. The third kappa shape index (κ3) is 2.84. The van der Waals surface area contributed by atoms with E-state index in [0.717, 1.165) is 22.9 Å². The minimum Gasteiger partial charge on any atom is -0.237 e. The molecule has 0 fully saturated rings. The topological polar surface area (TPSA) is 75.8 Å². The van der Waals surface area contributed by atoms with Crippen molar-refractivity contribution in [3.63, 3.8) is 0 Å². The van der Waals surface area contributed by atoms with Crippen LogP contribution in [0.15, 0.2) is 33.8 Å². The maximum Gasteiger partial charge on any atom is 0.501 e. The van der Waals surface area contributed by atoms with Crippen LogP contribution < -0.4 is 0 Å². The van der Waals surface area contributed by atoms with E-state index in [-0.39, 0.29) is 20.9 Å². The maximum absolute atomic E-state index is 12.6. The molecule has 0 atom stereocenters. The van der Waals surface area contributed by atoms with Gasteiger partial charge in [-0.25, -0.2) is 13.1 Å². The van der Waals surface area contributed by atoms with Gasteiger partial charge in [-0.2, -0.15) is 23.5 Å². The molecule has 116 valence electrons. The van der Waals surface area contributed by atoms with Crippen molar-refractivity contribution < 1.29 is 21.6 Å². The van der Waals surface area contributed by atoms with Crippen molar-refractivity contribution in [3.05, 3.63) is 39.6 Å². The first-order valence-electron chi connectivity index (χ1n) is 5.34. The molecule has 0 aliphatic rings. The predicted octanol–water partition coefficient (Wildman–Crippen LogP) is 3.45. The Hall–Kier alpha value is -1.57. The van der Waals surface area contributed by atoms with Crippen molar-refractivity contribution >= 4 is 37.4 Å². The molecule has 0 saturated carbocycles. The molecule has 0 N–H and O–H groups in total. The van der Waals surface area contributed by atoms with E-state index in [1.54, 1.807) is 6.07 Å². The summed E-state index contributed by atoms with van der Waals surface area (Å²) >= 11 is 8.91. The molecular weight excluding hydrogens is 411 g/mol. The number of nitrogens with zero attached hydrogens (tertiary/aromatic N) is 3. The number of rotatable bonds is 2. The molecule has 0 radical (unpaired) electrons. The van der Waals surface area contributed by atoms with Crippen LogP contribution in [0.5, 0.6) is 0 Å². The average molecular weight is 415 g/mol. The minimum atomic E-state index is -5.51. The van der Waals surface area contributed by atoms with Crippen LogP contribution in [-0.4, -0.2) is 23.7 Å². The van der Waals surface area contributed by atoms with Crippen LogP contribution in [0.4, 0.5) is 13.2 Å². The van der Waals surface area contributed by atoms with E-state index in [4.69, 9.17) is 16.9 Å². The first-order valence-corrected chi connectivity index (χ1v) is 8.00. The molecule has 0 amide bonds. The number of hydrogen-bond acceptors (Lipinski definition) is 4. The molecule has 2 aromatic rings. The Balaban J connectivity index is 2.65. The Kier molecular flexibility index (Phi) is 4.25. The van der Waals surface area contributed by atoms with Gasteiger partial charge in [-0.15, -0.1) is 0 Å². The lowest BCUT2D eigenvalue weighted by atomic mass is 10.3. The fourth-order valence-electron chi connectivity index (χ4n) is 1.52. The van der Waals surface area contributed by atoms with Gasteiger partial charge in [0.05, 0.1) is 20.1 Å². The van der Waals surface area contributed by atoms with Crippen LogP contribution in [0.25, 0.3) is 5.69 Å².